The van der Waals surface area contributed by atoms with Crippen molar-refractivity contribution in [2.24, 2.45) is 5.92 Å². The Hall–Kier alpha value is -4.98. The third-order valence-electron chi connectivity index (χ3n) is 7.37. The van der Waals surface area contributed by atoms with Crippen LogP contribution in [0.4, 0.5) is 5.82 Å². The van der Waals surface area contributed by atoms with E-state index in [1.54, 1.807) is 6.08 Å². The minimum absolute atomic E-state index is 0.0138. The Labute approximate surface area is 251 Å². The molecule has 0 bridgehead atoms. The first-order valence-electron chi connectivity index (χ1n) is 14.8. The van der Waals surface area contributed by atoms with Gasteiger partial charge in [0.2, 0.25) is 5.91 Å². The van der Waals surface area contributed by atoms with Gasteiger partial charge in [-0.25, -0.2) is 4.98 Å². The summed E-state index contributed by atoms with van der Waals surface area (Å²) in [5, 5.41) is 5.25. The van der Waals surface area contributed by atoms with E-state index in [0.29, 0.717) is 42.7 Å². The zero-order valence-electron chi connectivity index (χ0n) is 24.5. The number of rotatable bonds is 8. The van der Waals surface area contributed by atoms with E-state index in [2.05, 4.69) is 23.9 Å². The number of hydrogen-bond donors (Lipinski definition) is 0. The van der Waals surface area contributed by atoms with Gasteiger partial charge in [0.25, 0.3) is 5.71 Å². The lowest BCUT2D eigenvalue weighted by atomic mass is 10.1. The second-order valence-electron chi connectivity index (χ2n) is 11.1. The zero-order chi connectivity index (χ0) is 29.6. The van der Waals surface area contributed by atoms with Crippen molar-refractivity contribution in [2.75, 3.05) is 31.1 Å². The van der Waals surface area contributed by atoms with Crippen molar-refractivity contribution in [2.45, 2.75) is 26.7 Å². The van der Waals surface area contributed by atoms with Crippen LogP contribution in [0.1, 0.15) is 31.7 Å². The first-order valence-corrected chi connectivity index (χ1v) is 14.8. The summed E-state index contributed by atoms with van der Waals surface area (Å²) >= 11 is 0. The van der Waals surface area contributed by atoms with Crippen LogP contribution in [0.2, 0.25) is 0 Å². The molecule has 1 aliphatic rings. The molecule has 0 N–H and O–H groups in total. The maximum absolute atomic E-state index is 13.1. The first kappa shape index (κ1) is 28.2. The molecule has 8 nitrogen and oxygen atoms in total. The van der Waals surface area contributed by atoms with Crippen molar-refractivity contribution in [3.05, 3.63) is 102 Å². The largest absolute Gasteiger partial charge is 0.457 e. The van der Waals surface area contributed by atoms with Gasteiger partial charge in [-0.2, -0.15) is 4.98 Å². The van der Waals surface area contributed by atoms with Gasteiger partial charge in [0.1, 0.15) is 34.2 Å². The van der Waals surface area contributed by atoms with Gasteiger partial charge < -0.3 is 19.1 Å². The lowest BCUT2D eigenvalue weighted by molar-refractivity contribution is -0.125. The molecule has 218 valence electrons. The Kier molecular flexibility index (Phi) is 8.45. The van der Waals surface area contributed by atoms with Crippen molar-refractivity contribution in [3.63, 3.8) is 0 Å². The van der Waals surface area contributed by atoms with E-state index in [9.17, 15) is 4.79 Å². The van der Waals surface area contributed by atoms with Gasteiger partial charge in [0.15, 0.2) is 0 Å². The van der Waals surface area contributed by atoms with E-state index in [0.717, 1.165) is 53.3 Å². The molecule has 6 rings (SSSR count). The number of aromatic nitrogens is 3. The van der Waals surface area contributed by atoms with E-state index in [4.69, 9.17) is 19.2 Å². The quantitative estimate of drug-likeness (QED) is 0.184. The predicted molar refractivity (Wildman–Crippen MR) is 169 cm³/mol. The summed E-state index contributed by atoms with van der Waals surface area (Å²) < 4.78 is 11.9. The highest BCUT2D eigenvalue weighted by Crippen LogP contribution is 2.36. The number of carbonyl (C=O) groups excluding carboxylic acids is 1. The Morgan fingerprint density at radius 2 is 1.67 bits per heavy atom. The summed E-state index contributed by atoms with van der Waals surface area (Å²) in [7, 11) is 0. The predicted octanol–water partition coefficient (Wildman–Crippen LogP) is 7.03. The van der Waals surface area contributed by atoms with Crippen LogP contribution < -0.4 is 9.64 Å². The molecule has 0 saturated carbocycles. The van der Waals surface area contributed by atoms with E-state index in [-0.39, 0.29) is 5.91 Å². The summed E-state index contributed by atoms with van der Waals surface area (Å²) in [5.74, 6) is 3.37. The van der Waals surface area contributed by atoms with E-state index >= 15 is 0 Å². The molecule has 5 aromatic rings. The van der Waals surface area contributed by atoms with Crippen LogP contribution in [0.3, 0.4) is 0 Å². The Bertz CT molecular complexity index is 1720. The molecule has 1 aliphatic heterocycles. The zero-order valence-corrected chi connectivity index (χ0v) is 24.5. The van der Waals surface area contributed by atoms with Crippen LogP contribution in [-0.4, -0.2) is 52.1 Å². The van der Waals surface area contributed by atoms with Crippen LogP contribution in [0.5, 0.6) is 11.5 Å². The highest BCUT2D eigenvalue weighted by Gasteiger charge is 2.26. The number of carbonyl (C=O) groups is 1. The van der Waals surface area contributed by atoms with Gasteiger partial charge in [-0.15, -0.1) is 0 Å². The Morgan fingerprint density at radius 3 is 2.47 bits per heavy atom. The molecule has 0 atom stereocenters. The van der Waals surface area contributed by atoms with Crippen LogP contribution in [0.15, 0.2) is 95.5 Å². The lowest BCUT2D eigenvalue weighted by Gasteiger charge is -2.23. The van der Waals surface area contributed by atoms with Crippen LogP contribution in [-0.2, 0) is 11.2 Å². The average Bonchev–Trinajstić information content (AvgIpc) is 3.29. The fourth-order valence-corrected chi connectivity index (χ4v) is 5.28. The molecule has 1 amide bonds. The number of para-hydroxylation sites is 1. The van der Waals surface area contributed by atoms with Gasteiger partial charge in [0, 0.05) is 44.2 Å². The molecule has 0 aliphatic carbocycles. The number of amides is 1. The molecule has 1 saturated heterocycles. The van der Waals surface area contributed by atoms with Crippen LogP contribution in [0.25, 0.3) is 28.4 Å². The molecule has 3 heterocycles. The monoisotopic (exact) mass is 573 g/mol. The molecule has 8 heteroatoms. The average molecular weight is 574 g/mol. The van der Waals surface area contributed by atoms with E-state index < -0.39 is 0 Å². The maximum Gasteiger partial charge on any atom is 0.263 e. The smallest absolute Gasteiger partial charge is 0.263 e. The molecule has 0 unspecified atom stereocenters. The van der Waals surface area contributed by atoms with Crippen molar-refractivity contribution in [3.8, 4) is 22.8 Å². The molecule has 0 radical (unpaired) electrons. The van der Waals surface area contributed by atoms with E-state index in [1.807, 2.05) is 95.9 Å². The third kappa shape index (κ3) is 6.75. The molecule has 3 aromatic carbocycles. The van der Waals surface area contributed by atoms with Crippen molar-refractivity contribution < 1.29 is 14.1 Å². The van der Waals surface area contributed by atoms with Crippen LogP contribution in [0, 0.1) is 5.92 Å². The summed E-state index contributed by atoms with van der Waals surface area (Å²) in [6, 6.07) is 27.4. The topological polar surface area (TPSA) is 84.6 Å². The Balaban J connectivity index is 1.30. The van der Waals surface area contributed by atoms with Gasteiger partial charge >= 0.3 is 0 Å². The van der Waals surface area contributed by atoms with Crippen molar-refractivity contribution >= 4 is 28.9 Å². The minimum Gasteiger partial charge on any atom is -0.457 e. The Morgan fingerprint density at radius 1 is 0.907 bits per heavy atom. The number of hydrogen-bond acceptors (Lipinski definition) is 7. The molecule has 2 aromatic heterocycles. The molecular weight excluding hydrogens is 538 g/mol. The first-order chi connectivity index (χ1) is 21.0. The van der Waals surface area contributed by atoms with Crippen molar-refractivity contribution in [1.29, 1.82) is 0 Å². The van der Waals surface area contributed by atoms with Gasteiger partial charge in [-0.1, -0.05) is 79.7 Å². The van der Waals surface area contributed by atoms with E-state index in [1.165, 1.54) is 0 Å². The van der Waals surface area contributed by atoms with Crippen molar-refractivity contribution in [1.82, 2.24) is 20.0 Å². The lowest BCUT2D eigenvalue weighted by Crippen LogP contribution is -2.34. The fourth-order valence-electron chi connectivity index (χ4n) is 5.28. The number of nitrogens with zero attached hydrogens (tertiary/aromatic N) is 5. The second-order valence-corrected chi connectivity index (χ2v) is 11.1. The molecule has 43 heavy (non-hydrogen) atoms. The number of fused-ring (bicyclic) bond motifs is 1. The summed E-state index contributed by atoms with van der Waals surface area (Å²) in [5.41, 5.74) is 2.99. The molecule has 1 fully saturated rings. The third-order valence-corrected chi connectivity index (χ3v) is 7.37. The highest BCUT2D eigenvalue weighted by atomic mass is 16.5. The summed E-state index contributed by atoms with van der Waals surface area (Å²) in [4.78, 5) is 27.0. The standard InChI is InChI=1S/C35H35N5O3/c1-25(2)23-30-36-34(40-20-10-19-39(21-22-40)31(41)18-17-26-11-5-3-6-12-26)32-33(38-43-35(32)37-30)27-13-9-16-29(24-27)42-28-14-7-4-8-15-28/h3-9,11-18,24-25H,10,19-23H2,1-2H3/b18-17+. The molecular formula is C35H35N5O3. The SMILES string of the molecule is CC(C)Cc1nc(N2CCCN(C(=O)/C=C/c3ccccc3)CC2)c2c(-c3cccc(Oc4ccccc4)c3)noc2n1. The number of anilines is 1. The normalized spacial score (nSPS) is 14.0. The summed E-state index contributed by atoms with van der Waals surface area (Å²) in [6.45, 7) is 6.95. The summed E-state index contributed by atoms with van der Waals surface area (Å²) in [6.07, 6.45) is 5.08. The number of ether oxygens (including phenoxy) is 1. The number of benzene rings is 3. The van der Waals surface area contributed by atoms with Gasteiger partial charge in [-0.05, 0) is 48.2 Å². The van der Waals surface area contributed by atoms with Gasteiger partial charge in [0.05, 0.1) is 0 Å². The minimum atomic E-state index is 0.0138. The second kappa shape index (κ2) is 12.9. The molecule has 0 spiro atoms. The van der Waals surface area contributed by atoms with Gasteiger partial charge in [-0.3, -0.25) is 4.79 Å². The maximum atomic E-state index is 13.1. The van der Waals surface area contributed by atoms with Crippen LogP contribution >= 0.6 is 0 Å². The fraction of sp³-hybridized carbons (Fsp3) is 0.257. The highest BCUT2D eigenvalue weighted by molar-refractivity contribution is 5.98.